The van der Waals surface area contributed by atoms with Crippen LogP contribution in [0.2, 0.25) is 0 Å². The molecule has 0 radical (unpaired) electrons. The molecule has 2 N–H and O–H groups in total. The van der Waals surface area contributed by atoms with Gasteiger partial charge in [-0.25, -0.2) is 0 Å². The van der Waals surface area contributed by atoms with Crippen LogP contribution in [-0.4, -0.2) is 28.7 Å². The Morgan fingerprint density at radius 2 is 1.61 bits per heavy atom. The molecule has 0 bridgehead atoms. The maximum atomic E-state index is 12.1. The zero-order valence-corrected chi connectivity index (χ0v) is 8.59. The molecule has 0 unspecified atom stereocenters. The van der Waals surface area contributed by atoms with Crippen molar-refractivity contribution in [2.45, 2.75) is 25.0 Å². The molecule has 4 nitrogen and oxygen atoms in total. The number of aromatic nitrogens is 2. The topological polar surface area (TPSA) is 61.0 Å². The number of ether oxygens (including phenoxy) is 1. The SMILES string of the molecule is NCc1ccc(OC(C(F)(F)F)C(F)(F)F)nn1. The Morgan fingerprint density at radius 1 is 1.06 bits per heavy atom. The first-order valence-electron chi connectivity index (χ1n) is 4.47. The van der Waals surface area contributed by atoms with Gasteiger partial charge in [0.25, 0.3) is 6.10 Å². The van der Waals surface area contributed by atoms with E-state index < -0.39 is 24.3 Å². The van der Waals surface area contributed by atoms with Crippen LogP contribution in [0, 0.1) is 0 Å². The summed E-state index contributed by atoms with van der Waals surface area (Å²) in [5.74, 6) is -0.883. The zero-order valence-electron chi connectivity index (χ0n) is 8.59. The molecule has 0 aliphatic rings. The number of alkyl halides is 6. The lowest BCUT2D eigenvalue weighted by Gasteiger charge is -2.22. The molecule has 1 aromatic heterocycles. The van der Waals surface area contributed by atoms with E-state index in [1.165, 1.54) is 0 Å². The first-order chi connectivity index (χ1) is 8.14. The van der Waals surface area contributed by atoms with E-state index >= 15 is 0 Å². The highest BCUT2D eigenvalue weighted by Gasteiger charge is 2.59. The predicted octanol–water partition coefficient (Wildman–Crippen LogP) is 1.81. The van der Waals surface area contributed by atoms with Crippen molar-refractivity contribution < 1.29 is 31.1 Å². The smallest absolute Gasteiger partial charge is 0.434 e. The number of nitrogens with two attached hydrogens (primary N) is 1. The summed E-state index contributed by atoms with van der Waals surface area (Å²) in [6.07, 6.45) is -15.1. The molecule has 0 aliphatic heterocycles. The lowest BCUT2D eigenvalue weighted by Crippen LogP contribution is -2.46. The van der Waals surface area contributed by atoms with Gasteiger partial charge in [0.15, 0.2) is 0 Å². The second-order valence-corrected chi connectivity index (χ2v) is 3.15. The third kappa shape index (κ3) is 3.72. The summed E-state index contributed by atoms with van der Waals surface area (Å²) < 4.78 is 76.6. The van der Waals surface area contributed by atoms with E-state index in [0.29, 0.717) is 0 Å². The summed E-state index contributed by atoms with van der Waals surface area (Å²) in [5.41, 5.74) is 5.34. The van der Waals surface area contributed by atoms with Crippen molar-refractivity contribution in [2.24, 2.45) is 5.73 Å². The third-order valence-electron chi connectivity index (χ3n) is 1.74. The van der Waals surface area contributed by atoms with Gasteiger partial charge in [0, 0.05) is 12.6 Å². The van der Waals surface area contributed by atoms with Gasteiger partial charge in [0.2, 0.25) is 5.88 Å². The fourth-order valence-electron chi connectivity index (χ4n) is 0.959. The Kier molecular flexibility index (Phi) is 3.99. The van der Waals surface area contributed by atoms with Crippen molar-refractivity contribution in [3.63, 3.8) is 0 Å². The molecule has 0 saturated carbocycles. The molecule has 18 heavy (non-hydrogen) atoms. The molecule has 0 amide bonds. The predicted molar refractivity (Wildman–Crippen MR) is 46.4 cm³/mol. The second kappa shape index (κ2) is 4.96. The average molecular weight is 275 g/mol. The van der Waals surface area contributed by atoms with Crippen LogP contribution >= 0.6 is 0 Å². The number of halogens is 6. The van der Waals surface area contributed by atoms with Crippen LogP contribution in [-0.2, 0) is 6.54 Å². The maximum Gasteiger partial charge on any atom is 0.434 e. The van der Waals surface area contributed by atoms with Gasteiger partial charge >= 0.3 is 12.4 Å². The normalized spacial score (nSPS) is 12.9. The summed E-state index contributed by atoms with van der Waals surface area (Å²) in [5, 5.41) is 6.34. The summed E-state index contributed by atoms with van der Waals surface area (Å²) in [6, 6.07) is 1.95. The fraction of sp³-hybridized carbons (Fsp3) is 0.500. The minimum Gasteiger partial charge on any atom is -0.454 e. The second-order valence-electron chi connectivity index (χ2n) is 3.15. The van der Waals surface area contributed by atoms with Gasteiger partial charge in [0.05, 0.1) is 5.69 Å². The summed E-state index contributed by atoms with van der Waals surface area (Å²) in [6.45, 7) is -0.0464. The average Bonchev–Trinajstić information content (AvgIpc) is 2.23. The summed E-state index contributed by atoms with van der Waals surface area (Å²) in [7, 11) is 0. The van der Waals surface area contributed by atoms with E-state index in [4.69, 9.17) is 5.73 Å². The third-order valence-corrected chi connectivity index (χ3v) is 1.74. The molecular formula is C8H7F6N3O. The van der Waals surface area contributed by atoms with Gasteiger partial charge in [-0.15, -0.1) is 5.10 Å². The quantitative estimate of drug-likeness (QED) is 0.854. The van der Waals surface area contributed by atoms with E-state index in [9.17, 15) is 26.3 Å². The monoisotopic (exact) mass is 275 g/mol. The van der Waals surface area contributed by atoms with Crippen LogP contribution in [0.15, 0.2) is 12.1 Å². The summed E-state index contributed by atoms with van der Waals surface area (Å²) in [4.78, 5) is 0. The lowest BCUT2D eigenvalue weighted by atomic mass is 10.3. The zero-order chi connectivity index (χ0) is 14.0. The molecule has 1 aromatic rings. The van der Waals surface area contributed by atoms with Crippen molar-refractivity contribution in [1.82, 2.24) is 10.2 Å². The molecule has 10 heteroatoms. The number of hydrogen-bond acceptors (Lipinski definition) is 4. The van der Waals surface area contributed by atoms with E-state index in [1.54, 1.807) is 0 Å². The highest BCUT2D eigenvalue weighted by atomic mass is 19.4. The fourth-order valence-corrected chi connectivity index (χ4v) is 0.959. The van der Waals surface area contributed by atoms with Gasteiger partial charge in [-0.2, -0.15) is 31.4 Å². The first kappa shape index (κ1) is 14.5. The number of rotatable bonds is 3. The van der Waals surface area contributed by atoms with E-state index in [1.807, 2.05) is 0 Å². The Labute approximate surface area is 96.7 Å². The molecule has 0 saturated heterocycles. The molecule has 0 aromatic carbocycles. The largest absolute Gasteiger partial charge is 0.454 e. The Bertz CT molecular complexity index is 373. The lowest BCUT2D eigenvalue weighted by molar-refractivity contribution is -0.300. The van der Waals surface area contributed by atoms with Crippen LogP contribution < -0.4 is 10.5 Å². The van der Waals surface area contributed by atoms with Crippen LogP contribution in [0.4, 0.5) is 26.3 Å². The maximum absolute atomic E-state index is 12.1. The molecule has 1 rings (SSSR count). The van der Waals surface area contributed by atoms with Crippen molar-refractivity contribution in [3.05, 3.63) is 17.8 Å². The van der Waals surface area contributed by atoms with Gasteiger partial charge in [0.1, 0.15) is 0 Å². The van der Waals surface area contributed by atoms with Crippen LogP contribution in [0.5, 0.6) is 5.88 Å². The minimum absolute atomic E-state index is 0.0464. The van der Waals surface area contributed by atoms with E-state index in [0.717, 1.165) is 12.1 Å². The van der Waals surface area contributed by atoms with Gasteiger partial charge in [-0.1, -0.05) is 0 Å². The standard InChI is InChI=1S/C8H7F6N3O/c9-7(10,11)6(8(12,13)14)18-5-2-1-4(3-15)16-17-5/h1-2,6H,3,15H2. The van der Waals surface area contributed by atoms with Crippen molar-refractivity contribution >= 4 is 0 Å². The molecule has 0 aliphatic carbocycles. The van der Waals surface area contributed by atoms with Crippen molar-refractivity contribution in [2.75, 3.05) is 0 Å². The molecule has 0 atom stereocenters. The van der Waals surface area contributed by atoms with Crippen molar-refractivity contribution in [3.8, 4) is 5.88 Å². The molecular weight excluding hydrogens is 268 g/mol. The Morgan fingerprint density at radius 3 is 1.94 bits per heavy atom. The van der Waals surface area contributed by atoms with Crippen LogP contribution in [0.25, 0.3) is 0 Å². The molecule has 0 spiro atoms. The Balaban J connectivity index is 2.90. The summed E-state index contributed by atoms with van der Waals surface area (Å²) >= 11 is 0. The number of hydrogen-bond donors (Lipinski definition) is 1. The van der Waals surface area contributed by atoms with E-state index in [2.05, 4.69) is 14.9 Å². The van der Waals surface area contributed by atoms with Crippen LogP contribution in [0.1, 0.15) is 5.69 Å². The van der Waals surface area contributed by atoms with E-state index in [-0.39, 0.29) is 12.2 Å². The molecule has 102 valence electrons. The highest BCUT2D eigenvalue weighted by Crippen LogP contribution is 2.35. The van der Waals surface area contributed by atoms with Crippen molar-refractivity contribution in [1.29, 1.82) is 0 Å². The van der Waals surface area contributed by atoms with Crippen LogP contribution in [0.3, 0.4) is 0 Å². The highest BCUT2D eigenvalue weighted by molar-refractivity contribution is 5.12. The first-order valence-corrected chi connectivity index (χ1v) is 4.47. The van der Waals surface area contributed by atoms with Gasteiger partial charge in [-0.05, 0) is 6.07 Å². The van der Waals surface area contributed by atoms with Gasteiger partial charge < -0.3 is 10.5 Å². The Hall–Kier alpha value is -1.58. The minimum atomic E-state index is -5.59. The molecule has 1 heterocycles. The molecule has 0 fully saturated rings. The number of nitrogens with zero attached hydrogens (tertiary/aromatic N) is 2. The van der Waals surface area contributed by atoms with Gasteiger partial charge in [-0.3, -0.25) is 0 Å².